The van der Waals surface area contributed by atoms with Gasteiger partial charge in [0.2, 0.25) is 0 Å². The van der Waals surface area contributed by atoms with Gasteiger partial charge in [-0.05, 0) is 49.9 Å². The smallest absolute Gasteiger partial charge is 0.289 e. The number of hydrogen-bond donors (Lipinski definition) is 1. The van der Waals surface area contributed by atoms with E-state index in [9.17, 15) is 0 Å². The molecule has 4 nitrogen and oxygen atoms in total. The highest BCUT2D eigenvalue weighted by Gasteiger charge is 2.40. The van der Waals surface area contributed by atoms with Gasteiger partial charge in [-0.1, -0.05) is 51.1 Å². The predicted molar refractivity (Wildman–Crippen MR) is 115 cm³/mol. The van der Waals surface area contributed by atoms with Gasteiger partial charge in [-0.15, -0.1) is 0 Å². The fraction of sp³-hybridized carbons (Fsp3) is 0.545. The minimum atomic E-state index is -0.380. The number of unbranched alkanes of at least 4 members (excludes halogenated alkanes) is 2. The van der Waals surface area contributed by atoms with Crippen LogP contribution in [0.25, 0.3) is 10.9 Å². The van der Waals surface area contributed by atoms with Gasteiger partial charge in [-0.3, -0.25) is 0 Å². The lowest BCUT2D eigenvalue weighted by Gasteiger charge is -2.36. The summed E-state index contributed by atoms with van der Waals surface area (Å²) in [5.74, 6) is 0. The number of fused-ring (bicyclic) bond motifs is 2. The van der Waals surface area contributed by atoms with Gasteiger partial charge in [0.05, 0.1) is 29.0 Å². The molecule has 1 aliphatic heterocycles. The van der Waals surface area contributed by atoms with Crippen molar-refractivity contribution in [1.29, 1.82) is 0 Å². The third-order valence-electron chi connectivity index (χ3n) is 5.61. The molecular formula is C22H30ClN3O. The molecule has 1 N–H and O–H groups in total. The number of halogens is 1. The first-order valence-corrected chi connectivity index (χ1v) is 10.3. The van der Waals surface area contributed by atoms with Crippen LogP contribution in [-0.4, -0.2) is 18.1 Å². The van der Waals surface area contributed by atoms with Crippen molar-refractivity contribution in [2.24, 2.45) is 4.99 Å². The van der Waals surface area contributed by atoms with Crippen LogP contribution in [0.4, 0.5) is 5.69 Å². The van der Waals surface area contributed by atoms with Gasteiger partial charge in [-0.2, -0.15) is 0 Å². The van der Waals surface area contributed by atoms with Gasteiger partial charge in [0.1, 0.15) is 5.54 Å². The van der Waals surface area contributed by atoms with Crippen molar-refractivity contribution >= 4 is 34.2 Å². The van der Waals surface area contributed by atoms with Gasteiger partial charge < -0.3 is 10.1 Å². The fourth-order valence-electron chi connectivity index (χ4n) is 3.83. The third-order valence-corrected chi connectivity index (χ3v) is 6.00. The molecule has 2 heterocycles. The lowest BCUT2D eigenvalue weighted by molar-refractivity contribution is 0.320. The van der Waals surface area contributed by atoms with Crippen LogP contribution < -0.4 is 5.32 Å². The van der Waals surface area contributed by atoms with E-state index < -0.39 is 0 Å². The van der Waals surface area contributed by atoms with Gasteiger partial charge in [-0.25, -0.2) is 9.98 Å². The number of nitrogens with one attached hydrogen (secondary N) is 1. The van der Waals surface area contributed by atoms with E-state index in [4.69, 9.17) is 26.3 Å². The van der Waals surface area contributed by atoms with Crippen molar-refractivity contribution in [3.8, 4) is 0 Å². The van der Waals surface area contributed by atoms with Crippen LogP contribution in [0.15, 0.2) is 17.1 Å². The molecule has 0 fully saturated rings. The van der Waals surface area contributed by atoms with Crippen LogP contribution in [-0.2, 0) is 10.3 Å². The zero-order chi connectivity index (χ0) is 19.6. The fourth-order valence-corrected chi connectivity index (χ4v) is 4.11. The molecule has 1 aromatic carbocycles. The van der Waals surface area contributed by atoms with E-state index >= 15 is 0 Å². The second kappa shape index (κ2) is 8.05. The number of aryl methyl sites for hydroxylation is 2. The number of amidine groups is 1. The Balaban J connectivity index is 2.27. The second-order valence-corrected chi connectivity index (χ2v) is 7.97. The third kappa shape index (κ3) is 3.64. The Morgan fingerprint density at radius 3 is 2.30 bits per heavy atom. The van der Waals surface area contributed by atoms with Gasteiger partial charge in [0.15, 0.2) is 0 Å². The summed E-state index contributed by atoms with van der Waals surface area (Å²) in [5.41, 5.74) is 4.82. The molecule has 0 unspecified atom stereocenters. The molecule has 0 bridgehead atoms. The molecule has 0 aliphatic carbocycles. The Labute approximate surface area is 167 Å². The number of ether oxygens (including phenoxy) is 1. The van der Waals surface area contributed by atoms with E-state index in [-0.39, 0.29) is 5.54 Å². The maximum atomic E-state index is 6.89. The minimum absolute atomic E-state index is 0.380. The number of rotatable bonds is 6. The second-order valence-electron chi connectivity index (χ2n) is 7.59. The van der Waals surface area contributed by atoms with Gasteiger partial charge >= 0.3 is 0 Å². The maximum absolute atomic E-state index is 6.89. The molecule has 146 valence electrons. The molecule has 1 aromatic heterocycles. The highest BCUT2D eigenvalue weighted by atomic mass is 35.5. The maximum Gasteiger partial charge on any atom is 0.289 e. The van der Waals surface area contributed by atoms with Crippen LogP contribution in [0.5, 0.6) is 0 Å². The SMILES string of the molecule is CCCCC1(CCCC)N=C(OC)Nc2c1nc1cc(C)c(C)cc1c2Cl. The summed E-state index contributed by atoms with van der Waals surface area (Å²) in [6.07, 6.45) is 6.32. The summed E-state index contributed by atoms with van der Waals surface area (Å²) in [5, 5.41) is 4.97. The first-order chi connectivity index (χ1) is 13.0. The molecular weight excluding hydrogens is 358 g/mol. The first-order valence-electron chi connectivity index (χ1n) is 9.97. The summed E-state index contributed by atoms with van der Waals surface area (Å²) < 4.78 is 5.53. The Morgan fingerprint density at radius 2 is 1.70 bits per heavy atom. The Morgan fingerprint density at radius 1 is 1.07 bits per heavy atom. The lowest BCUT2D eigenvalue weighted by Crippen LogP contribution is -2.35. The molecule has 0 atom stereocenters. The summed E-state index contributed by atoms with van der Waals surface area (Å²) in [6, 6.07) is 4.79. The van der Waals surface area contributed by atoms with Crippen molar-refractivity contribution in [2.75, 3.05) is 12.4 Å². The number of anilines is 1. The zero-order valence-corrected chi connectivity index (χ0v) is 17.8. The highest BCUT2D eigenvalue weighted by molar-refractivity contribution is 6.38. The van der Waals surface area contributed by atoms with Crippen molar-refractivity contribution in [1.82, 2.24) is 4.98 Å². The molecule has 0 saturated carbocycles. The molecule has 1 aliphatic rings. The lowest BCUT2D eigenvalue weighted by atomic mass is 9.82. The largest absolute Gasteiger partial charge is 0.468 e. The Kier molecular flexibility index (Phi) is 5.95. The molecule has 3 rings (SSSR count). The number of methoxy groups -OCH3 is 1. The first kappa shape index (κ1) is 19.9. The van der Waals surface area contributed by atoms with E-state index in [1.165, 1.54) is 11.1 Å². The highest BCUT2D eigenvalue weighted by Crippen LogP contribution is 2.46. The average Bonchev–Trinajstić information content (AvgIpc) is 2.67. The number of benzene rings is 1. The van der Waals surface area contributed by atoms with Gasteiger partial charge in [0, 0.05) is 5.39 Å². The summed E-state index contributed by atoms with van der Waals surface area (Å²) in [6.45, 7) is 8.64. The van der Waals surface area contributed by atoms with Crippen LogP contribution in [0.3, 0.4) is 0 Å². The molecule has 2 aromatic rings. The minimum Gasteiger partial charge on any atom is -0.468 e. The van der Waals surface area contributed by atoms with E-state index in [0.717, 1.165) is 60.8 Å². The van der Waals surface area contributed by atoms with E-state index in [0.29, 0.717) is 11.0 Å². The predicted octanol–water partition coefficient (Wildman–Crippen LogP) is 6.51. The molecule has 0 amide bonds. The quantitative estimate of drug-likeness (QED) is 0.614. The molecule has 27 heavy (non-hydrogen) atoms. The van der Waals surface area contributed by atoms with Crippen molar-refractivity contribution in [3.05, 3.63) is 34.0 Å². The van der Waals surface area contributed by atoms with E-state index in [2.05, 4.69) is 45.1 Å². The van der Waals surface area contributed by atoms with Crippen LogP contribution in [0.1, 0.15) is 69.2 Å². The number of hydrogen-bond acceptors (Lipinski definition) is 4. The Hall–Kier alpha value is -1.81. The van der Waals surface area contributed by atoms with Crippen LogP contribution in [0.2, 0.25) is 5.02 Å². The Bertz CT molecular complexity index is 868. The normalized spacial score (nSPS) is 15.3. The van der Waals surface area contributed by atoms with Crippen molar-refractivity contribution in [2.45, 2.75) is 71.8 Å². The summed E-state index contributed by atoms with van der Waals surface area (Å²) in [7, 11) is 1.65. The molecule has 5 heteroatoms. The molecule has 0 radical (unpaired) electrons. The van der Waals surface area contributed by atoms with Crippen molar-refractivity contribution < 1.29 is 4.74 Å². The van der Waals surface area contributed by atoms with E-state index in [1.807, 2.05) is 0 Å². The topological polar surface area (TPSA) is 46.5 Å². The van der Waals surface area contributed by atoms with Crippen LogP contribution in [0, 0.1) is 13.8 Å². The average molecular weight is 388 g/mol. The standard InChI is InChI=1S/C22H30ClN3O/c1-6-8-10-22(11-9-7-2)20-19(25-21(26-22)27-5)18(23)16-12-14(3)15(4)13-17(16)24-20/h12-13H,6-11H2,1-5H3,(H,25,26). The summed E-state index contributed by atoms with van der Waals surface area (Å²) >= 11 is 6.89. The number of pyridine rings is 1. The van der Waals surface area contributed by atoms with Crippen LogP contribution >= 0.6 is 11.6 Å². The zero-order valence-electron chi connectivity index (χ0n) is 17.1. The summed E-state index contributed by atoms with van der Waals surface area (Å²) in [4.78, 5) is 10.1. The van der Waals surface area contributed by atoms with E-state index in [1.54, 1.807) is 7.11 Å². The van der Waals surface area contributed by atoms with Crippen molar-refractivity contribution in [3.63, 3.8) is 0 Å². The molecule has 0 spiro atoms. The monoisotopic (exact) mass is 387 g/mol. The number of aromatic nitrogens is 1. The number of nitrogens with zero attached hydrogens (tertiary/aromatic N) is 2. The van der Waals surface area contributed by atoms with Gasteiger partial charge in [0.25, 0.3) is 6.02 Å². The number of aliphatic imine (C=N–C) groups is 1. The molecule has 0 saturated heterocycles.